The Hall–Kier alpha value is 0.1000. The molecule has 2 saturated heterocycles. The van der Waals surface area contributed by atoms with Crippen LogP contribution < -0.4 is 5.32 Å². The van der Waals surface area contributed by atoms with Gasteiger partial charge >= 0.3 is 0 Å². The lowest BCUT2D eigenvalue weighted by molar-refractivity contribution is 0.119. The summed E-state index contributed by atoms with van der Waals surface area (Å²) in [7, 11) is 0. The van der Waals surface area contributed by atoms with Crippen molar-refractivity contribution in [2.75, 3.05) is 19.6 Å². The van der Waals surface area contributed by atoms with Gasteiger partial charge in [-0.2, -0.15) is 0 Å². The van der Waals surface area contributed by atoms with Gasteiger partial charge in [0.1, 0.15) is 0 Å². The lowest BCUT2D eigenvalue weighted by atomic mass is 9.92. The normalized spacial score (nSPS) is 30.6. The highest BCUT2D eigenvalue weighted by atomic mass is 79.9. The van der Waals surface area contributed by atoms with Gasteiger partial charge in [0.2, 0.25) is 0 Å². The highest BCUT2D eigenvalue weighted by Gasteiger charge is 2.34. The summed E-state index contributed by atoms with van der Waals surface area (Å²) < 4.78 is 1.25. The largest absolute Gasteiger partial charge is 0.315 e. The van der Waals surface area contributed by atoms with Gasteiger partial charge in [-0.25, -0.2) is 0 Å². The number of nitrogens with one attached hydrogen (secondary N) is 1. The van der Waals surface area contributed by atoms with E-state index in [9.17, 15) is 0 Å². The number of hydrogen-bond donors (Lipinski definition) is 1. The monoisotopic (exact) mass is 300 g/mol. The van der Waals surface area contributed by atoms with Gasteiger partial charge in [-0.05, 0) is 59.9 Å². The highest BCUT2D eigenvalue weighted by molar-refractivity contribution is 9.11. The lowest BCUT2D eigenvalue weighted by Gasteiger charge is -2.36. The van der Waals surface area contributed by atoms with E-state index in [0.29, 0.717) is 0 Å². The number of rotatable bonds is 2. The molecule has 3 heterocycles. The molecule has 0 radical (unpaired) electrons. The van der Waals surface area contributed by atoms with Crippen molar-refractivity contribution in [2.45, 2.75) is 25.4 Å². The summed E-state index contributed by atoms with van der Waals surface area (Å²) in [5.74, 6) is 0.900. The van der Waals surface area contributed by atoms with E-state index in [-0.39, 0.29) is 0 Å². The molecule has 0 aromatic carbocycles. The van der Waals surface area contributed by atoms with Crippen molar-refractivity contribution in [3.63, 3.8) is 0 Å². The Morgan fingerprint density at radius 2 is 2.38 bits per heavy atom. The average Bonchev–Trinajstić information content (AvgIpc) is 2.87. The van der Waals surface area contributed by atoms with Crippen LogP contribution in [0.1, 0.15) is 17.7 Å². The quantitative estimate of drug-likeness (QED) is 0.903. The number of likely N-dealkylation sites (tertiary alicyclic amines) is 1. The lowest BCUT2D eigenvalue weighted by Crippen LogP contribution is -2.44. The van der Waals surface area contributed by atoms with Crippen LogP contribution >= 0.6 is 27.3 Å². The van der Waals surface area contributed by atoms with E-state index >= 15 is 0 Å². The Morgan fingerprint density at radius 3 is 3.19 bits per heavy atom. The van der Waals surface area contributed by atoms with Crippen LogP contribution in [0.25, 0.3) is 0 Å². The van der Waals surface area contributed by atoms with Gasteiger partial charge in [0.25, 0.3) is 0 Å². The van der Waals surface area contributed by atoms with Crippen LogP contribution in [0.3, 0.4) is 0 Å². The van der Waals surface area contributed by atoms with E-state index in [2.05, 4.69) is 38.3 Å². The first kappa shape index (κ1) is 11.2. The molecule has 2 nitrogen and oxygen atoms in total. The molecule has 0 bridgehead atoms. The van der Waals surface area contributed by atoms with Gasteiger partial charge in [0.05, 0.1) is 3.79 Å². The van der Waals surface area contributed by atoms with Crippen molar-refractivity contribution in [1.29, 1.82) is 0 Å². The molecule has 1 aromatic rings. The summed E-state index contributed by atoms with van der Waals surface area (Å²) >= 11 is 5.41. The van der Waals surface area contributed by atoms with Gasteiger partial charge in [-0.15, -0.1) is 11.3 Å². The highest BCUT2D eigenvalue weighted by Crippen LogP contribution is 2.30. The molecule has 4 heteroatoms. The fourth-order valence-corrected chi connectivity index (χ4v) is 4.51. The minimum Gasteiger partial charge on any atom is -0.315 e. The maximum absolute atomic E-state index is 3.54. The van der Waals surface area contributed by atoms with Crippen molar-refractivity contribution >= 4 is 27.3 Å². The smallest absolute Gasteiger partial charge is 0.0701 e. The number of hydrogen-bond acceptors (Lipinski definition) is 3. The zero-order chi connectivity index (χ0) is 11.0. The number of nitrogens with zero attached hydrogens (tertiary/aromatic N) is 1. The van der Waals surface area contributed by atoms with Crippen molar-refractivity contribution in [3.8, 4) is 0 Å². The van der Waals surface area contributed by atoms with Crippen LogP contribution in [-0.4, -0.2) is 30.6 Å². The van der Waals surface area contributed by atoms with Gasteiger partial charge < -0.3 is 5.32 Å². The van der Waals surface area contributed by atoms with E-state index in [1.54, 1.807) is 0 Å². The summed E-state index contributed by atoms with van der Waals surface area (Å²) in [6, 6.07) is 5.20. The summed E-state index contributed by atoms with van der Waals surface area (Å²) in [5, 5.41) is 3.54. The maximum Gasteiger partial charge on any atom is 0.0701 e. The molecule has 2 aliphatic rings. The van der Waals surface area contributed by atoms with Crippen LogP contribution in [-0.2, 0) is 6.54 Å². The molecular formula is C12H17BrN2S. The third-order valence-corrected chi connectivity index (χ3v) is 5.39. The predicted octanol–water partition coefficient (Wildman–Crippen LogP) is 2.69. The van der Waals surface area contributed by atoms with Gasteiger partial charge in [-0.3, -0.25) is 4.90 Å². The van der Waals surface area contributed by atoms with Crippen molar-refractivity contribution < 1.29 is 0 Å². The molecule has 2 atom stereocenters. The SMILES string of the molecule is Brc1ccc(CN2CCCC3CNCC32)s1. The standard InChI is InChI=1S/C12H17BrN2S/c13-12-4-3-10(16-12)8-15-5-1-2-9-6-14-7-11(9)15/h3-4,9,11,14H,1-2,5-8H2. The zero-order valence-electron chi connectivity index (χ0n) is 9.29. The number of thiophene rings is 1. The third-order valence-electron chi connectivity index (χ3n) is 3.78. The van der Waals surface area contributed by atoms with E-state index in [1.165, 1.54) is 41.1 Å². The van der Waals surface area contributed by atoms with Crippen LogP contribution in [0.2, 0.25) is 0 Å². The molecule has 16 heavy (non-hydrogen) atoms. The summed E-state index contributed by atoms with van der Waals surface area (Å²) in [4.78, 5) is 4.16. The van der Waals surface area contributed by atoms with Crippen molar-refractivity contribution in [3.05, 3.63) is 20.8 Å². The van der Waals surface area contributed by atoms with Crippen LogP contribution in [0, 0.1) is 5.92 Å². The molecule has 0 spiro atoms. The first-order valence-electron chi connectivity index (χ1n) is 6.02. The molecule has 2 fully saturated rings. The summed E-state index contributed by atoms with van der Waals surface area (Å²) in [5.41, 5.74) is 0. The van der Waals surface area contributed by atoms with Gasteiger partial charge in [-0.1, -0.05) is 0 Å². The zero-order valence-corrected chi connectivity index (χ0v) is 11.7. The first-order valence-corrected chi connectivity index (χ1v) is 7.63. The molecule has 2 aliphatic heterocycles. The van der Waals surface area contributed by atoms with E-state index in [4.69, 9.17) is 0 Å². The molecule has 2 unspecified atom stereocenters. The Labute approximate surface area is 109 Å². The topological polar surface area (TPSA) is 15.3 Å². The van der Waals surface area contributed by atoms with E-state index < -0.39 is 0 Å². The second kappa shape index (κ2) is 4.77. The van der Waals surface area contributed by atoms with Gasteiger partial charge in [0, 0.05) is 24.0 Å². The fraction of sp³-hybridized carbons (Fsp3) is 0.667. The molecule has 1 aromatic heterocycles. The van der Waals surface area contributed by atoms with E-state index in [0.717, 1.165) is 18.5 Å². The Balaban J connectivity index is 1.69. The summed E-state index contributed by atoms with van der Waals surface area (Å²) in [6.45, 7) is 4.84. The molecular weight excluding hydrogens is 284 g/mol. The predicted molar refractivity (Wildman–Crippen MR) is 71.8 cm³/mol. The van der Waals surface area contributed by atoms with Gasteiger partial charge in [0.15, 0.2) is 0 Å². The van der Waals surface area contributed by atoms with Crippen LogP contribution in [0.5, 0.6) is 0 Å². The maximum atomic E-state index is 3.54. The molecule has 0 saturated carbocycles. The number of fused-ring (bicyclic) bond motifs is 1. The number of halogens is 1. The van der Waals surface area contributed by atoms with Crippen LogP contribution in [0.15, 0.2) is 15.9 Å². The van der Waals surface area contributed by atoms with E-state index in [1.807, 2.05) is 11.3 Å². The molecule has 0 amide bonds. The fourth-order valence-electron chi connectivity index (χ4n) is 3.00. The molecule has 3 rings (SSSR count). The Morgan fingerprint density at radius 1 is 1.44 bits per heavy atom. The second-order valence-electron chi connectivity index (χ2n) is 4.80. The summed E-state index contributed by atoms with van der Waals surface area (Å²) in [6.07, 6.45) is 2.79. The average molecular weight is 301 g/mol. The number of piperidine rings is 1. The molecule has 1 N–H and O–H groups in total. The van der Waals surface area contributed by atoms with Crippen LogP contribution in [0.4, 0.5) is 0 Å². The second-order valence-corrected chi connectivity index (χ2v) is 7.35. The minimum atomic E-state index is 0.787. The first-order chi connectivity index (χ1) is 7.83. The Bertz CT molecular complexity index is 366. The third kappa shape index (κ3) is 2.21. The van der Waals surface area contributed by atoms with Crippen molar-refractivity contribution in [1.82, 2.24) is 10.2 Å². The molecule has 0 aliphatic carbocycles. The van der Waals surface area contributed by atoms with Crippen molar-refractivity contribution in [2.24, 2.45) is 5.92 Å². The minimum absolute atomic E-state index is 0.787. The Kier molecular flexibility index (Phi) is 3.34. The molecule has 88 valence electrons.